The number of hydrogen-bond acceptors (Lipinski definition) is 4. The Balaban J connectivity index is 1.60. The summed E-state index contributed by atoms with van der Waals surface area (Å²) in [5, 5.41) is 43.5. The van der Waals surface area contributed by atoms with Gasteiger partial charge in [-0.25, -0.2) is 0 Å². The molecule has 0 spiro atoms. The lowest BCUT2D eigenvalue weighted by molar-refractivity contribution is -0.219. The lowest BCUT2D eigenvalue weighted by Gasteiger charge is -2.72. The molecule has 4 nitrogen and oxygen atoms in total. The first-order valence-electron chi connectivity index (χ1n) is 14.0. The van der Waals surface area contributed by atoms with Crippen molar-refractivity contribution >= 4 is 0 Å². The average molecular weight is 475 g/mol. The van der Waals surface area contributed by atoms with E-state index in [9.17, 15) is 20.4 Å². The first kappa shape index (κ1) is 25.2. The Bertz CT molecular complexity index is 866. The number of rotatable bonds is 2. The molecule has 0 aromatic heterocycles. The highest BCUT2D eigenvalue weighted by molar-refractivity contribution is 5.35. The van der Waals surface area contributed by atoms with Crippen molar-refractivity contribution in [1.82, 2.24) is 0 Å². The van der Waals surface area contributed by atoms with E-state index in [2.05, 4.69) is 47.6 Å². The third-order valence-electron chi connectivity index (χ3n) is 13.4. The smallest absolute Gasteiger partial charge is 0.0632 e. The van der Waals surface area contributed by atoms with Gasteiger partial charge in [0.25, 0.3) is 0 Å². The molecule has 0 radical (unpaired) electrons. The van der Waals surface area contributed by atoms with E-state index in [1.807, 2.05) is 0 Å². The van der Waals surface area contributed by atoms with E-state index in [4.69, 9.17) is 0 Å². The van der Waals surface area contributed by atoms with Crippen LogP contribution in [0.15, 0.2) is 11.6 Å². The fraction of sp³-hybridized carbons (Fsp3) is 0.933. The molecule has 5 aliphatic carbocycles. The lowest BCUT2D eigenvalue weighted by atomic mass is 9.33. The van der Waals surface area contributed by atoms with Gasteiger partial charge in [-0.2, -0.15) is 0 Å². The predicted octanol–water partition coefficient (Wildman–Crippen LogP) is 5.08. The summed E-state index contributed by atoms with van der Waals surface area (Å²) in [6, 6.07) is 0. The van der Waals surface area contributed by atoms with Crippen LogP contribution in [-0.4, -0.2) is 45.8 Å². The topological polar surface area (TPSA) is 80.9 Å². The molecule has 0 aromatic carbocycles. The molecule has 4 heteroatoms. The SMILES string of the molecule is CC1(C)C2CC[C@]3(C)[C@H](CC=C4[C@@H]5C[C@](C)(CO)CC[C@]5(CO)[C@@H](O)C[C@]43C)[C@@]2(C)CC[C@@H]1O. The van der Waals surface area contributed by atoms with Crippen LogP contribution < -0.4 is 0 Å². The van der Waals surface area contributed by atoms with Gasteiger partial charge in [0.15, 0.2) is 0 Å². The maximum absolute atomic E-state index is 11.7. The van der Waals surface area contributed by atoms with Crippen molar-refractivity contribution in [3.8, 4) is 0 Å². The molecule has 10 atom stereocenters. The molecule has 4 fully saturated rings. The van der Waals surface area contributed by atoms with E-state index in [1.165, 1.54) is 5.57 Å². The van der Waals surface area contributed by atoms with E-state index in [1.54, 1.807) is 0 Å². The van der Waals surface area contributed by atoms with Gasteiger partial charge in [-0.1, -0.05) is 53.2 Å². The zero-order valence-corrected chi connectivity index (χ0v) is 22.5. The summed E-state index contributed by atoms with van der Waals surface area (Å²) >= 11 is 0. The third kappa shape index (κ3) is 2.92. The largest absolute Gasteiger partial charge is 0.396 e. The quantitative estimate of drug-likeness (QED) is 0.421. The second kappa shape index (κ2) is 7.55. The molecular weight excluding hydrogens is 424 g/mol. The minimum Gasteiger partial charge on any atom is -0.396 e. The third-order valence-corrected chi connectivity index (χ3v) is 13.4. The minimum atomic E-state index is -0.515. The fourth-order valence-corrected chi connectivity index (χ4v) is 10.8. The number of allylic oxidation sites excluding steroid dienone is 2. The summed E-state index contributed by atoms with van der Waals surface area (Å²) < 4.78 is 0. The van der Waals surface area contributed by atoms with Crippen molar-refractivity contribution in [2.45, 2.75) is 112 Å². The minimum absolute atomic E-state index is 0.0276. The molecule has 5 rings (SSSR count). The van der Waals surface area contributed by atoms with E-state index >= 15 is 0 Å². The molecule has 194 valence electrons. The Morgan fingerprint density at radius 3 is 2.15 bits per heavy atom. The van der Waals surface area contributed by atoms with Gasteiger partial charge in [-0.15, -0.1) is 0 Å². The van der Waals surface area contributed by atoms with Crippen LogP contribution in [-0.2, 0) is 0 Å². The highest BCUT2D eigenvalue weighted by Gasteiger charge is 2.69. The van der Waals surface area contributed by atoms with Crippen LogP contribution in [0.25, 0.3) is 0 Å². The molecule has 34 heavy (non-hydrogen) atoms. The first-order valence-corrected chi connectivity index (χ1v) is 14.0. The Labute approximate surface area is 207 Å². The van der Waals surface area contributed by atoms with E-state index in [0.717, 1.165) is 57.8 Å². The van der Waals surface area contributed by atoms with E-state index in [0.29, 0.717) is 11.8 Å². The van der Waals surface area contributed by atoms with Crippen LogP contribution in [0.5, 0.6) is 0 Å². The number of hydrogen-bond donors (Lipinski definition) is 4. The molecule has 1 unspecified atom stereocenters. The van der Waals surface area contributed by atoms with Gasteiger partial charge in [0.2, 0.25) is 0 Å². The maximum Gasteiger partial charge on any atom is 0.0632 e. The van der Waals surface area contributed by atoms with Gasteiger partial charge < -0.3 is 20.4 Å². The van der Waals surface area contributed by atoms with Crippen molar-refractivity contribution in [2.75, 3.05) is 13.2 Å². The van der Waals surface area contributed by atoms with Crippen molar-refractivity contribution in [3.05, 3.63) is 11.6 Å². The maximum atomic E-state index is 11.7. The normalized spacial score (nSPS) is 56.4. The molecule has 0 heterocycles. The summed E-state index contributed by atoms with van der Waals surface area (Å²) in [5.41, 5.74) is 0.945. The Morgan fingerprint density at radius 2 is 1.50 bits per heavy atom. The molecule has 0 saturated heterocycles. The van der Waals surface area contributed by atoms with Crippen LogP contribution in [0.4, 0.5) is 0 Å². The Kier molecular flexibility index (Phi) is 5.61. The van der Waals surface area contributed by atoms with Gasteiger partial charge in [0.05, 0.1) is 18.8 Å². The standard InChI is InChI=1S/C30H50O4/c1-25(2)21-9-12-28(5)22(27(21,4)11-10-23(25)33)8-7-19-20-15-26(3,17-31)13-14-30(20,18-32)24(34)16-29(19,28)6/h7,20-24,31-34H,8-18H2,1-6H3/t20-,21?,22+,23-,24-,26+,27-,28+,29+,30+/m0/s1. The molecule has 5 aliphatic rings. The van der Waals surface area contributed by atoms with E-state index < -0.39 is 11.5 Å². The van der Waals surface area contributed by atoms with Gasteiger partial charge >= 0.3 is 0 Å². The second-order valence-corrected chi connectivity index (χ2v) is 15.0. The molecule has 0 aliphatic heterocycles. The fourth-order valence-electron chi connectivity index (χ4n) is 10.8. The molecular formula is C30H50O4. The van der Waals surface area contributed by atoms with Gasteiger partial charge in [0, 0.05) is 12.0 Å². The second-order valence-electron chi connectivity index (χ2n) is 15.0. The van der Waals surface area contributed by atoms with Crippen molar-refractivity contribution < 1.29 is 20.4 Å². The lowest BCUT2D eigenvalue weighted by Crippen LogP contribution is -2.67. The van der Waals surface area contributed by atoms with Gasteiger partial charge in [-0.3, -0.25) is 0 Å². The number of fused-ring (bicyclic) bond motifs is 7. The zero-order valence-electron chi connectivity index (χ0n) is 22.5. The number of aliphatic hydroxyl groups excluding tert-OH is 4. The van der Waals surface area contributed by atoms with Crippen LogP contribution in [0.3, 0.4) is 0 Å². The highest BCUT2D eigenvalue weighted by atomic mass is 16.3. The Hall–Kier alpha value is -0.420. The van der Waals surface area contributed by atoms with Crippen molar-refractivity contribution in [3.63, 3.8) is 0 Å². The van der Waals surface area contributed by atoms with Crippen LogP contribution in [0.1, 0.15) is 99.3 Å². The predicted molar refractivity (Wildman–Crippen MR) is 135 cm³/mol. The number of aliphatic hydroxyl groups is 4. The zero-order chi connectivity index (χ0) is 24.9. The van der Waals surface area contributed by atoms with E-state index in [-0.39, 0.29) is 52.3 Å². The van der Waals surface area contributed by atoms with Crippen molar-refractivity contribution in [2.24, 2.45) is 50.2 Å². The van der Waals surface area contributed by atoms with Crippen molar-refractivity contribution in [1.29, 1.82) is 0 Å². The molecule has 4 saturated carbocycles. The van der Waals surface area contributed by atoms with Gasteiger partial charge in [0.1, 0.15) is 0 Å². The molecule has 0 amide bonds. The summed E-state index contributed by atoms with van der Waals surface area (Å²) in [5.74, 6) is 1.17. The summed E-state index contributed by atoms with van der Waals surface area (Å²) in [6.45, 7) is 14.4. The summed E-state index contributed by atoms with van der Waals surface area (Å²) in [4.78, 5) is 0. The Morgan fingerprint density at radius 1 is 0.794 bits per heavy atom. The summed E-state index contributed by atoms with van der Waals surface area (Å²) in [6.07, 6.45) is 10.3. The van der Waals surface area contributed by atoms with Crippen LogP contribution in [0, 0.1) is 50.2 Å². The van der Waals surface area contributed by atoms with Crippen LogP contribution >= 0.6 is 0 Å². The molecule has 0 bridgehead atoms. The summed E-state index contributed by atoms with van der Waals surface area (Å²) in [7, 11) is 0. The monoisotopic (exact) mass is 474 g/mol. The molecule has 0 aromatic rings. The highest BCUT2D eigenvalue weighted by Crippen LogP contribution is 2.75. The average Bonchev–Trinajstić information content (AvgIpc) is 2.77. The van der Waals surface area contributed by atoms with Gasteiger partial charge in [-0.05, 0) is 103 Å². The molecule has 4 N–H and O–H groups in total. The first-order chi connectivity index (χ1) is 15.7. The van der Waals surface area contributed by atoms with Crippen LogP contribution in [0.2, 0.25) is 0 Å².